The lowest BCUT2D eigenvalue weighted by atomic mass is 10.3. The molecule has 0 saturated carbocycles. The molecule has 2 N–H and O–H groups in total. The van der Waals surface area contributed by atoms with E-state index in [1.807, 2.05) is 24.3 Å². The molecule has 3 aromatic rings. The van der Waals surface area contributed by atoms with E-state index in [0.29, 0.717) is 13.0 Å². The molecule has 2 aromatic heterocycles. The topological polar surface area (TPSA) is 88.5 Å². The fourth-order valence-electron chi connectivity index (χ4n) is 2.11. The number of amides is 1. The zero-order valence-corrected chi connectivity index (χ0v) is 11.7. The van der Waals surface area contributed by atoms with Gasteiger partial charge < -0.3 is 10.3 Å². The molecule has 1 aromatic carbocycles. The van der Waals surface area contributed by atoms with Gasteiger partial charge in [0, 0.05) is 13.0 Å². The lowest BCUT2D eigenvalue weighted by Gasteiger charge is -2.11. The molecule has 0 aliphatic rings. The Morgan fingerprint density at radius 1 is 1.43 bits per heavy atom. The maximum Gasteiger partial charge on any atom is 0.244 e. The molecule has 7 heteroatoms. The van der Waals surface area contributed by atoms with Gasteiger partial charge in [-0.25, -0.2) is 14.6 Å². The van der Waals surface area contributed by atoms with E-state index in [4.69, 9.17) is 0 Å². The molecule has 0 aliphatic heterocycles. The zero-order chi connectivity index (χ0) is 14.7. The van der Waals surface area contributed by atoms with Crippen molar-refractivity contribution in [2.24, 2.45) is 0 Å². The van der Waals surface area contributed by atoms with Gasteiger partial charge in [0.15, 0.2) is 0 Å². The van der Waals surface area contributed by atoms with Gasteiger partial charge >= 0.3 is 0 Å². The highest BCUT2D eigenvalue weighted by Gasteiger charge is 2.14. The number of aromatic amines is 1. The van der Waals surface area contributed by atoms with Gasteiger partial charge in [-0.2, -0.15) is 5.10 Å². The van der Waals surface area contributed by atoms with Gasteiger partial charge in [0.05, 0.1) is 11.0 Å². The number of fused-ring (bicyclic) bond motifs is 1. The summed E-state index contributed by atoms with van der Waals surface area (Å²) in [5, 5.41) is 6.83. The van der Waals surface area contributed by atoms with Crippen LogP contribution in [0.2, 0.25) is 0 Å². The maximum atomic E-state index is 12.0. The van der Waals surface area contributed by atoms with Crippen molar-refractivity contribution in [3.8, 4) is 0 Å². The second kappa shape index (κ2) is 5.74. The van der Waals surface area contributed by atoms with Crippen molar-refractivity contribution < 1.29 is 4.79 Å². The van der Waals surface area contributed by atoms with Crippen LogP contribution >= 0.6 is 0 Å². The molecule has 0 saturated heterocycles. The van der Waals surface area contributed by atoms with Gasteiger partial charge in [0.1, 0.15) is 24.5 Å². The van der Waals surface area contributed by atoms with Crippen molar-refractivity contribution in [1.29, 1.82) is 0 Å². The molecule has 1 amide bonds. The third kappa shape index (κ3) is 2.91. The highest BCUT2D eigenvalue weighted by Crippen LogP contribution is 2.10. The molecule has 21 heavy (non-hydrogen) atoms. The number of hydrogen-bond acceptors (Lipinski definition) is 4. The third-order valence-corrected chi connectivity index (χ3v) is 3.31. The lowest BCUT2D eigenvalue weighted by Crippen LogP contribution is -2.32. The Bertz CT molecular complexity index is 700. The van der Waals surface area contributed by atoms with Crippen molar-refractivity contribution in [1.82, 2.24) is 30.0 Å². The minimum atomic E-state index is -0.372. The summed E-state index contributed by atoms with van der Waals surface area (Å²) in [4.78, 5) is 23.5. The predicted octanol–water partition coefficient (Wildman–Crippen LogP) is 1.07. The molecular weight excluding hydrogens is 268 g/mol. The van der Waals surface area contributed by atoms with E-state index in [1.54, 1.807) is 6.92 Å². The summed E-state index contributed by atoms with van der Waals surface area (Å²) < 4.78 is 1.52. The first-order valence-electron chi connectivity index (χ1n) is 6.79. The van der Waals surface area contributed by atoms with Crippen LogP contribution in [0, 0.1) is 0 Å². The van der Waals surface area contributed by atoms with E-state index in [9.17, 15) is 4.79 Å². The van der Waals surface area contributed by atoms with Gasteiger partial charge in [-0.05, 0) is 19.1 Å². The zero-order valence-electron chi connectivity index (χ0n) is 11.7. The summed E-state index contributed by atoms with van der Waals surface area (Å²) in [5.41, 5.74) is 1.95. The van der Waals surface area contributed by atoms with Crippen LogP contribution in [-0.2, 0) is 11.2 Å². The van der Waals surface area contributed by atoms with Crippen molar-refractivity contribution in [2.75, 3.05) is 6.54 Å². The smallest absolute Gasteiger partial charge is 0.244 e. The summed E-state index contributed by atoms with van der Waals surface area (Å²) in [6.45, 7) is 2.31. The van der Waals surface area contributed by atoms with Gasteiger partial charge in [-0.1, -0.05) is 12.1 Å². The van der Waals surface area contributed by atoms with Crippen molar-refractivity contribution >= 4 is 16.9 Å². The molecule has 7 nitrogen and oxygen atoms in total. The Kier molecular flexibility index (Phi) is 3.63. The Hall–Kier alpha value is -2.70. The number of hydrogen-bond donors (Lipinski definition) is 2. The van der Waals surface area contributed by atoms with Crippen LogP contribution in [0.15, 0.2) is 36.9 Å². The van der Waals surface area contributed by atoms with Crippen molar-refractivity contribution in [3.63, 3.8) is 0 Å². The first-order valence-corrected chi connectivity index (χ1v) is 6.79. The van der Waals surface area contributed by atoms with Crippen LogP contribution in [0.3, 0.4) is 0 Å². The van der Waals surface area contributed by atoms with Crippen LogP contribution < -0.4 is 5.32 Å². The number of carbonyl (C=O) groups excluding carboxylic acids is 1. The molecule has 3 rings (SSSR count). The Morgan fingerprint density at radius 2 is 2.29 bits per heavy atom. The number of para-hydroxylation sites is 2. The molecule has 0 bridgehead atoms. The minimum absolute atomic E-state index is 0.0865. The lowest BCUT2D eigenvalue weighted by molar-refractivity contribution is -0.124. The standard InChI is InChI=1S/C14H16N6O/c1-10(20-9-15-8-17-20)14(21)16-7-6-13-18-11-4-2-3-5-12(11)19-13/h2-5,8-10H,6-7H2,1H3,(H,16,21)(H,18,19). The molecule has 1 atom stereocenters. The van der Waals surface area contributed by atoms with E-state index < -0.39 is 0 Å². The average Bonchev–Trinajstić information content (AvgIpc) is 3.15. The van der Waals surface area contributed by atoms with Crippen LogP contribution in [-0.4, -0.2) is 37.2 Å². The SMILES string of the molecule is CC(C(=O)NCCc1nc2ccccc2[nH]1)n1cncn1. The molecule has 0 aliphatic carbocycles. The molecule has 1 unspecified atom stereocenters. The van der Waals surface area contributed by atoms with E-state index in [2.05, 4.69) is 25.4 Å². The molecule has 108 valence electrons. The fourth-order valence-corrected chi connectivity index (χ4v) is 2.11. The molecule has 0 radical (unpaired) electrons. The van der Waals surface area contributed by atoms with E-state index >= 15 is 0 Å². The predicted molar refractivity (Wildman–Crippen MR) is 77.5 cm³/mol. The van der Waals surface area contributed by atoms with Crippen molar-refractivity contribution in [3.05, 3.63) is 42.7 Å². The first-order chi connectivity index (χ1) is 10.2. The number of imidazole rings is 1. The average molecular weight is 284 g/mol. The van der Waals surface area contributed by atoms with E-state index in [1.165, 1.54) is 17.3 Å². The van der Waals surface area contributed by atoms with Crippen LogP contribution in [0.4, 0.5) is 0 Å². The number of aromatic nitrogens is 5. The van der Waals surface area contributed by atoms with Gasteiger partial charge in [-0.15, -0.1) is 0 Å². The summed E-state index contributed by atoms with van der Waals surface area (Å²) in [6, 6.07) is 7.49. The van der Waals surface area contributed by atoms with Gasteiger partial charge in [0.2, 0.25) is 5.91 Å². The largest absolute Gasteiger partial charge is 0.354 e. The monoisotopic (exact) mass is 284 g/mol. The number of rotatable bonds is 5. The van der Waals surface area contributed by atoms with E-state index in [-0.39, 0.29) is 11.9 Å². The number of nitrogens with one attached hydrogen (secondary N) is 2. The maximum absolute atomic E-state index is 12.0. The Balaban J connectivity index is 1.55. The number of H-pyrrole nitrogens is 1. The summed E-state index contributed by atoms with van der Waals surface area (Å²) in [7, 11) is 0. The fraction of sp³-hybridized carbons (Fsp3) is 0.286. The van der Waals surface area contributed by atoms with E-state index in [0.717, 1.165) is 16.9 Å². The van der Waals surface area contributed by atoms with Crippen LogP contribution in [0.5, 0.6) is 0 Å². The molecule has 0 spiro atoms. The summed E-state index contributed by atoms with van der Waals surface area (Å²) in [5.74, 6) is 0.779. The van der Waals surface area contributed by atoms with Gasteiger partial charge in [0.25, 0.3) is 0 Å². The minimum Gasteiger partial charge on any atom is -0.354 e. The molecule has 0 fully saturated rings. The normalized spacial score (nSPS) is 12.4. The Morgan fingerprint density at radius 3 is 3.05 bits per heavy atom. The highest BCUT2D eigenvalue weighted by atomic mass is 16.2. The number of benzene rings is 1. The highest BCUT2D eigenvalue weighted by molar-refractivity contribution is 5.79. The molecule has 2 heterocycles. The molecular formula is C14H16N6O. The first kappa shape index (κ1) is 13.3. The third-order valence-electron chi connectivity index (χ3n) is 3.31. The van der Waals surface area contributed by atoms with Crippen LogP contribution in [0.1, 0.15) is 18.8 Å². The second-order valence-corrected chi connectivity index (χ2v) is 4.79. The number of nitrogens with zero attached hydrogens (tertiary/aromatic N) is 4. The quantitative estimate of drug-likeness (QED) is 0.733. The van der Waals surface area contributed by atoms with Gasteiger partial charge in [-0.3, -0.25) is 4.79 Å². The summed E-state index contributed by atoms with van der Waals surface area (Å²) in [6.07, 6.45) is 3.60. The summed E-state index contributed by atoms with van der Waals surface area (Å²) >= 11 is 0. The van der Waals surface area contributed by atoms with Crippen molar-refractivity contribution in [2.45, 2.75) is 19.4 Å². The second-order valence-electron chi connectivity index (χ2n) is 4.79. The Labute approximate surface area is 121 Å². The van der Waals surface area contributed by atoms with Crippen LogP contribution in [0.25, 0.3) is 11.0 Å². The number of carbonyl (C=O) groups is 1.